The van der Waals surface area contributed by atoms with Gasteiger partial charge in [-0.25, -0.2) is 0 Å². The van der Waals surface area contributed by atoms with Gasteiger partial charge >= 0.3 is 0 Å². The van der Waals surface area contributed by atoms with Crippen molar-refractivity contribution < 1.29 is 5.11 Å². The van der Waals surface area contributed by atoms with E-state index >= 15 is 0 Å². The molecule has 0 amide bonds. The maximum Gasteiger partial charge on any atom is 0.266 e. The molecule has 3 nitrogen and oxygen atoms in total. The average molecular weight is 341 g/mol. The SMILES string of the molecule is CCc1ccc(-c2c(CO)ccc3[nH]c(=O)c4sccc4c23)s1. The molecule has 116 valence electrons. The normalized spacial score (nSPS) is 11.6. The molecule has 0 aliphatic carbocycles. The number of rotatable bonds is 3. The lowest BCUT2D eigenvalue weighted by atomic mass is 9.98. The highest BCUT2D eigenvalue weighted by atomic mass is 32.1. The van der Waals surface area contributed by atoms with E-state index in [1.807, 2.05) is 23.6 Å². The van der Waals surface area contributed by atoms with Crippen LogP contribution in [0.5, 0.6) is 0 Å². The summed E-state index contributed by atoms with van der Waals surface area (Å²) in [7, 11) is 0. The molecule has 0 atom stereocenters. The summed E-state index contributed by atoms with van der Waals surface area (Å²) in [5.74, 6) is 0. The third-order valence-corrected chi connectivity index (χ3v) is 6.27. The van der Waals surface area contributed by atoms with E-state index in [9.17, 15) is 9.90 Å². The van der Waals surface area contributed by atoms with Gasteiger partial charge in [-0.3, -0.25) is 4.79 Å². The minimum Gasteiger partial charge on any atom is -0.392 e. The van der Waals surface area contributed by atoms with Crippen molar-refractivity contribution in [3.8, 4) is 10.4 Å². The number of pyridine rings is 1. The third-order valence-electron chi connectivity index (χ3n) is 4.11. The summed E-state index contributed by atoms with van der Waals surface area (Å²) in [6, 6.07) is 10.0. The number of aryl methyl sites for hydroxylation is 1. The Kier molecular flexibility index (Phi) is 3.56. The fraction of sp³-hybridized carbons (Fsp3) is 0.167. The molecule has 3 aromatic heterocycles. The molecule has 1 aromatic carbocycles. The van der Waals surface area contributed by atoms with Gasteiger partial charge in [0.05, 0.1) is 6.61 Å². The van der Waals surface area contributed by atoms with Crippen LogP contribution in [0.25, 0.3) is 31.4 Å². The van der Waals surface area contributed by atoms with Gasteiger partial charge in [0, 0.05) is 31.6 Å². The van der Waals surface area contributed by atoms with E-state index in [0.717, 1.165) is 43.4 Å². The highest BCUT2D eigenvalue weighted by molar-refractivity contribution is 7.17. The number of aromatic amines is 1. The second-order valence-electron chi connectivity index (χ2n) is 5.42. The van der Waals surface area contributed by atoms with Crippen molar-refractivity contribution >= 4 is 43.7 Å². The number of H-pyrrole nitrogens is 1. The van der Waals surface area contributed by atoms with E-state index in [0.29, 0.717) is 0 Å². The number of thiophene rings is 2. The van der Waals surface area contributed by atoms with Crippen LogP contribution in [-0.2, 0) is 13.0 Å². The van der Waals surface area contributed by atoms with E-state index in [-0.39, 0.29) is 12.2 Å². The second kappa shape index (κ2) is 5.60. The lowest BCUT2D eigenvalue weighted by molar-refractivity contribution is 0.282. The van der Waals surface area contributed by atoms with E-state index in [4.69, 9.17) is 0 Å². The Morgan fingerprint density at radius 1 is 1.17 bits per heavy atom. The molecule has 0 aliphatic rings. The predicted octanol–water partition coefficient (Wildman–Crippen LogP) is 4.53. The van der Waals surface area contributed by atoms with E-state index in [2.05, 4.69) is 24.0 Å². The topological polar surface area (TPSA) is 53.1 Å². The number of aromatic nitrogens is 1. The Morgan fingerprint density at radius 3 is 2.78 bits per heavy atom. The van der Waals surface area contributed by atoms with E-state index in [1.54, 1.807) is 11.3 Å². The van der Waals surface area contributed by atoms with Crippen LogP contribution in [0.4, 0.5) is 0 Å². The first-order chi connectivity index (χ1) is 11.2. The number of fused-ring (bicyclic) bond motifs is 3. The molecule has 0 radical (unpaired) electrons. The number of aliphatic hydroxyl groups is 1. The first-order valence-electron chi connectivity index (χ1n) is 7.48. The van der Waals surface area contributed by atoms with Crippen molar-refractivity contribution in [1.29, 1.82) is 0 Å². The fourth-order valence-corrected chi connectivity index (χ4v) is 4.84. The van der Waals surface area contributed by atoms with E-state index in [1.165, 1.54) is 16.2 Å². The summed E-state index contributed by atoms with van der Waals surface area (Å²) in [5, 5.41) is 13.7. The lowest BCUT2D eigenvalue weighted by Crippen LogP contribution is -2.05. The van der Waals surface area contributed by atoms with Crippen LogP contribution in [0.2, 0.25) is 0 Å². The highest BCUT2D eigenvalue weighted by Crippen LogP contribution is 2.39. The van der Waals surface area contributed by atoms with Crippen molar-refractivity contribution in [3.05, 3.63) is 56.5 Å². The van der Waals surface area contributed by atoms with Crippen molar-refractivity contribution in [1.82, 2.24) is 4.98 Å². The van der Waals surface area contributed by atoms with Crippen molar-refractivity contribution in [3.63, 3.8) is 0 Å². The van der Waals surface area contributed by atoms with Crippen LogP contribution < -0.4 is 5.56 Å². The fourth-order valence-electron chi connectivity index (χ4n) is 3.01. The molecule has 5 heteroatoms. The zero-order valence-corrected chi connectivity index (χ0v) is 14.2. The minimum absolute atomic E-state index is 0.0185. The molecule has 0 bridgehead atoms. The molecule has 4 aromatic rings. The Labute approximate surface area is 140 Å². The number of nitrogens with one attached hydrogen (secondary N) is 1. The average Bonchev–Trinajstić information content (AvgIpc) is 3.23. The Hall–Kier alpha value is -1.95. The first-order valence-corrected chi connectivity index (χ1v) is 9.17. The first kappa shape index (κ1) is 14.6. The molecule has 0 saturated carbocycles. The summed E-state index contributed by atoms with van der Waals surface area (Å²) < 4.78 is 0.737. The number of hydrogen-bond donors (Lipinski definition) is 2. The largest absolute Gasteiger partial charge is 0.392 e. The maximum atomic E-state index is 12.2. The summed E-state index contributed by atoms with van der Waals surface area (Å²) >= 11 is 3.20. The molecule has 0 spiro atoms. The maximum absolute atomic E-state index is 12.2. The Balaban J connectivity index is 2.19. The van der Waals surface area contributed by atoms with Gasteiger partial charge in [-0.05, 0) is 41.6 Å². The monoisotopic (exact) mass is 341 g/mol. The van der Waals surface area contributed by atoms with Crippen LogP contribution in [0.3, 0.4) is 0 Å². The minimum atomic E-state index is -0.0503. The number of aliphatic hydroxyl groups excluding tert-OH is 1. The van der Waals surface area contributed by atoms with Crippen molar-refractivity contribution in [2.24, 2.45) is 0 Å². The zero-order valence-electron chi connectivity index (χ0n) is 12.6. The smallest absolute Gasteiger partial charge is 0.266 e. The van der Waals surface area contributed by atoms with Crippen LogP contribution >= 0.6 is 22.7 Å². The molecular weight excluding hydrogens is 326 g/mol. The Bertz CT molecular complexity index is 1070. The van der Waals surface area contributed by atoms with Gasteiger partial charge in [-0.1, -0.05) is 13.0 Å². The number of benzene rings is 1. The quantitative estimate of drug-likeness (QED) is 0.575. The summed E-state index contributed by atoms with van der Waals surface area (Å²) in [6.45, 7) is 2.12. The van der Waals surface area contributed by atoms with Crippen LogP contribution in [0, 0.1) is 0 Å². The van der Waals surface area contributed by atoms with Crippen molar-refractivity contribution in [2.45, 2.75) is 20.0 Å². The zero-order chi connectivity index (χ0) is 16.0. The molecule has 0 fully saturated rings. The molecule has 2 N–H and O–H groups in total. The van der Waals surface area contributed by atoms with Gasteiger partial charge in [0.2, 0.25) is 0 Å². The third kappa shape index (κ3) is 2.24. The lowest BCUT2D eigenvalue weighted by Gasteiger charge is -2.11. The molecule has 3 heterocycles. The van der Waals surface area contributed by atoms with Crippen LogP contribution in [-0.4, -0.2) is 10.1 Å². The van der Waals surface area contributed by atoms with Gasteiger partial charge in [-0.15, -0.1) is 22.7 Å². The second-order valence-corrected chi connectivity index (χ2v) is 7.50. The van der Waals surface area contributed by atoms with Crippen LogP contribution in [0.1, 0.15) is 17.4 Å². The van der Waals surface area contributed by atoms with Gasteiger partial charge in [-0.2, -0.15) is 0 Å². The van der Waals surface area contributed by atoms with Gasteiger partial charge in [0.1, 0.15) is 4.70 Å². The van der Waals surface area contributed by atoms with Crippen molar-refractivity contribution in [2.75, 3.05) is 0 Å². The van der Waals surface area contributed by atoms with Gasteiger partial charge in [0.15, 0.2) is 0 Å². The number of hydrogen-bond acceptors (Lipinski definition) is 4. The van der Waals surface area contributed by atoms with Crippen LogP contribution in [0.15, 0.2) is 40.5 Å². The molecule has 4 rings (SSSR count). The summed E-state index contributed by atoms with van der Waals surface area (Å²) in [4.78, 5) is 17.6. The Morgan fingerprint density at radius 2 is 2.04 bits per heavy atom. The molecule has 0 unspecified atom stereocenters. The molecule has 0 aliphatic heterocycles. The molecular formula is C18H15NO2S2. The summed E-state index contributed by atoms with van der Waals surface area (Å²) in [6.07, 6.45) is 0.995. The van der Waals surface area contributed by atoms with E-state index < -0.39 is 0 Å². The standard InChI is InChI=1S/C18H15NO2S2/c1-2-11-4-6-14(23-11)15-10(9-20)3-5-13-16(15)12-7-8-22-17(12)18(21)19-13/h3-8,20H,2,9H2,1H3,(H,19,21). The predicted molar refractivity (Wildman–Crippen MR) is 98.6 cm³/mol. The molecule has 0 saturated heterocycles. The molecule has 23 heavy (non-hydrogen) atoms. The summed E-state index contributed by atoms with van der Waals surface area (Å²) in [5.41, 5.74) is 2.70. The van der Waals surface area contributed by atoms with Gasteiger partial charge in [0.25, 0.3) is 5.56 Å². The highest BCUT2D eigenvalue weighted by Gasteiger charge is 2.16. The van der Waals surface area contributed by atoms with Gasteiger partial charge < -0.3 is 10.1 Å².